The average molecular weight is 200 g/mol. The Morgan fingerprint density at radius 1 is 1.57 bits per heavy atom. The van der Waals surface area contributed by atoms with Crippen LogP contribution in [0.15, 0.2) is 0 Å². The van der Waals surface area contributed by atoms with E-state index in [1.54, 1.807) is 11.8 Å². The van der Waals surface area contributed by atoms with Crippen LogP contribution in [0.1, 0.15) is 20.3 Å². The largest absolute Gasteiger partial charge is 0.465 e. The molecule has 0 aromatic heterocycles. The van der Waals surface area contributed by atoms with Crippen LogP contribution >= 0.6 is 0 Å². The zero-order chi connectivity index (χ0) is 10.8. The minimum Gasteiger partial charge on any atom is -0.465 e. The van der Waals surface area contributed by atoms with Gasteiger partial charge in [-0.1, -0.05) is 0 Å². The van der Waals surface area contributed by atoms with Gasteiger partial charge in [0.1, 0.15) is 5.54 Å². The molecule has 0 saturated carbocycles. The first kappa shape index (κ1) is 11.0. The predicted octanol–water partition coefficient (Wildman–Crippen LogP) is -0.501. The lowest BCUT2D eigenvalue weighted by Crippen LogP contribution is -2.51. The van der Waals surface area contributed by atoms with Crippen molar-refractivity contribution in [1.29, 1.82) is 0 Å². The van der Waals surface area contributed by atoms with Crippen LogP contribution in [0.5, 0.6) is 0 Å². The van der Waals surface area contributed by atoms with E-state index in [1.807, 2.05) is 0 Å². The number of nitrogens with two attached hydrogens (primary N) is 1. The Balaban J connectivity index is 2.61. The Labute approximate surface area is 83.2 Å². The molecular weight excluding hydrogens is 184 g/mol. The highest BCUT2D eigenvalue weighted by Gasteiger charge is 2.43. The highest BCUT2D eigenvalue weighted by atomic mass is 16.5. The Bertz CT molecular complexity index is 254. The number of likely N-dealkylation sites (tertiary alicyclic amines) is 1. The summed E-state index contributed by atoms with van der Waals surface area (Å²) in [5.74, 6) is -0.467. The number of carbonyl (C=O) groups is 2. The topological polar surface area (TPSA) is 72.6 Å². The van der Waals surface area contributed by atoms with Gasteiger partial charge in [0.2, 0.25) is 5.91 Å². The average Bonchev–Trinajstić information content (AvgIpc) is 2.50. The van der Waals surface area contributed by atoms with E-state index in [0.29, 0.717) is 19.6 Å². The molecule has 14 heavy (non-hydrogen) atoms. The van der Waals surface area contributed by atoms with Crippen LogP contribution in [0.4, 0.5) is 0 Å². The molecule has 2 N–H and O–H groups in total. The molecule has 0 aromatic rings. The van der Waals surface area contributed by atoms with E-state index in [4.69, 9.17) is 10.5 Å². The number of esters is 1. The zero-order valence-corrected chi connectivity index (χ0v) is 8.58. The second kappa shape index (κ2) is 3.96. The van der Waals surface area contributed by atoms with Crippen LogP contribution in [-0.2, 0) is 14.3 Å². The zero-order valence-electron chi connectivity index (χ0n) is 8.58. The molecule has 5 nitrogen and oxygen atoms in total. The summed E-state index contributed by atoms with van der Waals surface area (Å²) in [5.41, 5.74) is 4.85. The normalized spacial score (nSPS) is 26.4. The number of hydrogen-bond acceptors (Lipinski definition) is 4. The second-order valence-corrected chi connectivity index (χ2v) is 3.57. The summed E-state index contributed by atoms with van der Waals surface area (Å²) in [6.07, 6.45) is 0.478. The van der Waals surface area contributed by atoms with Crippen molar-refractivity contribution in [3.05, 3.63) is 0 Å². The van der Waals surface area contributed by atoms with Crippen molar-refractivity contribution in [3.8, 4) is 0 Å². The highest BCUT2D eigenvalue weighted by Crippen LogP contribution is 2.20. The summed E-state index contributed by atoms with van der Waals surface area (Å²) in [6, 6.07) is 0. The van der Waals surface area contributed by atoms with E-state index in [1.165, 1.54) is 6.92 Å². The van der Waals surface area contributed by atoms with Crippen molar-refractivity contribution in [2.75, 3.05) is 19.7 Å². The SMILES string of the molecule is CCOC(=O)C1(N)CCN(C(C)=O)C1. The van der Waals surface area contributed by atoms with Crippen molar-refractivity contribution in [3.63, 3.8) is 0 Å². The molecule has 1 heterocycles. The Morgan fingerprint density at radius 2 is 2.21 bits per heavy atom. The maximum absolute atomic E-state index is 11.5. The molecule has 1 aliphatic heterocycles. The first-order valence-corrected chi connectivity index (χ1v) is 4.71. The first-order valence-electron chi connectivity index (χ1n) is 4.71. The standard InChI is InChI=1S/C9H16N2O3/c1-3-14-8(13)9(10)4-5-11(6-9)7(2)12/h3-6,10H2,1-2H3. The maximum atomic E-state index is 11.5. The van der Waals surface area contributed by atoms with E-state index < -0.39 is 11.5 Å². The van der Waals surface area contributed by atoms with Crippen LogP contribution in [0.3, 0.4) is 0 Å². The molecule has 1 atom stereocenters. The summed E-state index contributed by atoms with van der Waals surface area (Å²) in [5, 5.41) is 0. The molecule has 0 aromatic carbocycles. The van der Waals surface area contributed by atoms with Gasteiger partial charge in [0.15, 0.2) is 0 Å². The lowest BCUT2D eigenvalue weighted by Gasteiger charge is -2.21. The fraction of sp³-hybridized carbons (Fsp3) is 0.778. The van der Waals surface area contributed by atoms with Gasteiger partial charge in [0, 0.05) is 20.0 Å². The smallest absolute Gasteiger partial charge is 0.328 e. The molecule has 1 rings (SSSR count). The van der Waals surface area contributed by atoms with E-state index in [9.17, 15) is 9.59 Å². The van der Waals surface area contributed by atoms with E-state index in [2.05, 4.69) is 0 Å². The quantitative estimate of drug-likeness (QED) is 0.610. The van der Waals surface area contributed by atoms with Crippen LogP contribution in [0.2, 0.25) is 0 Å². The number of carbonyl (C=O) groups excluding carboxylic acids is 2. The fourth-order valence-electron chi connectivity index (χ4n) is 1.54. The molecule has 0 bridgehead atoms. The van der Waals surface area contributed by atoms with Crippen LogP contribution in [0.25, 0.3) is 0 Å². The highest BCUT2D eigenvalue weighted by molar-refractivity contribution is 5.83. The minimum atomic E-state index is -0.998. The predicted molar refractivity (Wildman–Crippen MR) is 50.4 cm³/mol. The van der Waals surface area contributed by atoms with Gasteiger partial charge in [0.25, 0.3) is 0 Å². The van der Waals surface area contributed by atoms with Gasteiger partial charge in [-0.25, -0.2) is 4.79 Å². The van der Waals surface area contributed by atoms with Crippen LogP contribution in [0, 0.1) is 0 Å². The number of rotatable bonds is 2. The van der Waals surface area contributed by atoms with Gasteiger partial charge in [0.05, 0.1) is 6.61 Å². The molecule has 0 aliphatic carbocycles. The fourth-order valence-corrected chi connectivity index (χ4v) is 1.54. The number of amides is 1. The van der Waals surface area contributed by atoms with Crippen molar-refractivity contribution in [2.24, 2.45) is 5.73 Å². The van der Waals surface area contributed by atoms with Gasteiger partial charge >= 0.3 is 5.97 Å². The third-order valence-corrected chi connectivity index (χ3v) is 2.43. The molecule has 1 aliphatic rings. The molecule has 0 spiro atoms. The lowest BCUT2D eigenvalue weighted by atomic mass is 10.0. The molecule has 80 valence electrons. The Hall–Kier alpha value is -1.10. The minimum absolute atomic E-state index is 0.0541. The summed E-state index contributed by atoms with van der Waals surface area (Å²) >= 11 is 0. The molecule has 5 heteroatoms. The van der Waals surface area contributed by atoms with Crippen molar-refractivity contribution in [1.82, 2.24) is 4.90 Å². The van der Waals surface area contributed by atoms with Crippen LogP contribution < -0.4 is 5.73 Å². The third-order valence-electron chi connectivity index (χ3n) is 2.43. The third kappa shape index (κ3) is 2.04. The molecular formula is C9H16N2O3. The van der Waals surface area contributed by atoms with Gasteiger partial charge in [-0.2, -0.15) is 0 Å². The monoisotopic (exact) mass is 200 g/mol. The van der Waals surface area contributed by atoms with Gasteiger partial charge in [-0.15, -0.1) is 0 Å². The summed E-state index contributed by atoms with van der Waals surface area (Å²) in [7, 11) is 0. The van der Waals surface area contributed by atoms with Gasteiger partial charge < -0.3 is 15.4 Å². The Morgan fingerprint density at radius 3 is 2.64 bits per heavy atom. The van der Waals surface area contributed by atoms with E-state index in [-0.39, 0.29) is 12.5 Å². The lowest BCUT2D eigenvalue weighted by molar-refractivity contribution is -0.149. The molecule has 1 unspecified atom stereocenters. The first-order chi connectivity index (χ1) is 6.49. The maximum Gasteiger partial charge on any atom is 0.328 e. The summed E-state index contributed by atoms with van der Waals surface area (Å²) < 4.78 is 4.85. The Kier molecular flexibility index (Phi) is 3.10. The summed E-state index contributed by atoms with van der Waals surface area (Å²) in [6.45, 7) is 4.32. The van der Waals surface area contributed by atoms with Crippen LogP contribution in [-0.4, -0.2) is 42.0 Å². The van der Waals surface area contributed by atoms with Gasteiger partial charge in [-0.05, 0) is 13.3 Å². The summed E-state index contributed by atoms with van der Waals surface area (Å²) in [4.78, 5) is 24.0. The molecule has 0 radical (unpaired) electrons. The van der Waals surface area contributed by atoms with Crippen molar-refractivity contribution >= 4 is 11.9 Å². The molecule has 1 saturated heterocycles. The van der Waals surface area contributed by atoms with Gasteiger partial charge in [-0.3, -0.25) is 4.79 Å². The molecule has 1 amide bonds. The van der Waals surface area contributed by atoms with Crippen molar-refractivity contribution < 1.29 is 14.3 Å². The second-order valence-electron chi connectivity index (χ2n) is 3.57. The number of ether oxygens (including phenoxy) is 1. The number of nitrogens with zero attached hydrogens (tertiary/aromatic N) is 1. The van der Waals surface area contributed by atoms with E-state index in [0.717, 1.165) is 0 Å². The van der Waals surface area contributed by atoms with Crippen molar-refractivity contribution in [2.45, 2.75) is 25.8 Å². The molecule has 1 fully saturated rings. The van der Waals surface area contributed by atoms with E-state index >= 15 is 0 Å². The number of hydrogen-bond donors (Lipinski definition) is 1.